The van der Waals surface area contributed by atoms with Gasteiger partial charge in [-0.15, -0.1) is 0 Å². The van der Waals surface area contributed by atoms with Crippen LogP contribution in [0.5, 0.6) is 0 Å². The van der Waals surface area contributed by atoms with Crippen LogP contribution in [-0.4, -0.2) is 23.0 Å². The number of nitrogens with one attached hydrogen (secondary N) is 2. The number of benzene rings is 1. The Labute approximate surface area is 135 Å². The van der Waals surface area contributed by atoms with E-state index in [9.17, 15) is 14.4 Å². The van der Waals surface area contributed by atoms with Gasteiger partial charge in [0.2, 0.25) is 5.91 Å². The highest BCUT2D eigenvalue weighted by Crippen LogP contribution is 2.25. The molecule has 3 N–H and O–H groups in total. The summed E-state index contributed by atoms with van der Waals surface area (Å²) in [5, 5.41) is 13.5. The molecule has 0 aromatic heterocycles. The number of amides is 3. The lowest BCUT2D eigenvalue weighted by Crippen LogP contribution is -2.34. The number of imide groups is 1. The van der Waals surface area contributed by atoms with E-state index in [1.165, 1.54) is 0 Å². The van der Waals surface area contributed by atoms with E-state index in [-0.39, 0.29) is 12.8 Å². The summed E-state index contributed by atoms with van der Waals surface area (Å²) in [6.45, 7) is 0. The molecule has 0 unspecified atom stereocenters. The van der Waals surface area contributed by atoms with E-state index in [0.29, 0.717) is 28.0 Å². The topological polar surface area (TPSA) is 95.5 Å². The predicted molar refractivity (Wildman–Crippen MR) is 82.4 cm³/mol. The molecule has 0 saturated heterocycles. The molecule has 3 amide bonds. The summed E-state index contributed by atoms with van der Waals surface area (Å²) in [5.74, 6) is -1.36. The van der Waals surface area contributed by atoms with Crippen LogP contribution >= 0.6 is 27.5 Å². The second-order valence-corrected chi connectivity index (χ2v) is 5.49. The van der Waals surface area contributed by atoms with E-state index in [1.54, 1.807) is 18.2 Å². The average Bonchev–Trinajstić information content (AvgIpc) is 2.38. The molecular weight excluding hydrogens is 364 g/mol. The maximum atomic E-state index is 11.6. The van der Waals surface area contributed by atoms with E-state index in [0.717, 1.165) is 0 Å². The van der Waals surface area contributed by atoms with Crippen LogP contribution in [0.15, 0.2) is 22.7 Å². The van der Waals surface area contributed by atoms with Crippen LogP contribution in [0.4, 0.5) is 10.5 Å². The fourth-order valence-corrected chi connectivity index (χ4v) is 1.91. The first kappa shape index (κ1) is 17.5. The number of carbonyl (C=O) groups excluding carboxylic acids is 2. The Kier molecular flexibility index (Phi) is 7.18. The number of hydrogen-bond donors (Lipinski definition) is 3. The van der Waals surface area contributed by atoms with Crippen molar-refractivity contribution in [3.63, 3.8) is 0 Å². The highest BCUT2D eigenvalue weighted by Gasteiger charge is 2.09. The molecule has 21 heavy (non-hydrogen) atoms. The third-order valence-corrected chi connectivity index (χ3v) is 3.71. The van der Waals surface area contributed by atoms with Gasteiger partial charge in [0.05, 0.1) is 5.02 Å². The normalized spacial score (nSPS) is 10.0. The molecule has 1 aromatic carbocycles. The third-order valence-electron chi connectivity index (χ3n) is 2.47. The zero-order valence-electron chi connectivity index (χ0n) is 11.0. The molecule has 0 fully saturated rings. The monoisotopic (exact) mass is 376 g/mol. The Hall–Kier alpha value is -1.60. The third kappa shape index (κ3) is 7.10. The van der Waals surface area contributed by atoms with Crippen molar-refractivity contribution in [3.05, 3.63) is 27.7 Å². The lowest BCUT2D eigenvalue weighted by atomic mass is 10.2. The molecule has 0 saturated carbocycles. The van der Waals surface area contributed by atoms with Crippen molar-refractivity contribution in [2.24, 2.45) is 0 Å². The van der Waals surface area contributed by atoms with Crippen molar-refractivity contribution in [2.75, 3.05) is 5.32 Å². The summed E-state index contributed by atoms with van der Waals surface area (Å²) in [5.41, 5.74) is 0.458. The maximum absolute atomic E-state index is 11.6. The van der Waals surface area contributed by atoms with Gasteiger partial charge in [0.15, 0.2) is 0 Å². The van der Waals surface area contributed by atoms with Gasteiger partial charge in [-0.1, -0.05) is 11.6 Å². The molecular formula is C13H14BrClN2O4. The number of unbranched alkanes of at least 4 members (excludes halogenated alkanes) is 1. The summed E-state index contributed by atoms with van der Waals surface area (Å²) in [4.78, 5) is 33.3. The number of hydrogen-bond acceptors (Lipinski definition) is 3. The Bertz CT molecular complexity index is 551. The number of halogens is 2. The largest absolute Gasteiger partial charge is 0.481 e. The molecule has 8 heteroatoms. The minimum absolute atomic E-state index is 0.0108. The first-order valence-corrected chi connectivity index (χ1v) is 7.33. The molecule has 0 spiro atoms. The molecule has 0 heterocycles. The smallest absolute Gasteiger partial charge is 0.325 e. The number of carboxylic acid groups (broad SMARTS) is 1. The van der Waals surface area contributed by atoms with Gasteiger partial charge in [-0.05, 0) is 47.0 Å². The van der Waals surface area contributed by atoms with E-state index >= 15 is 0 Å². The summed E-state index contributed by atoms with van der Waals surface area (Å²) < 4.78 is 0.699. The van der Waals surface area contributed by atoms with Crippen molar-refractivity contribution in [3.8, 4) is 0 Å². The lowest BCUT2D eigenvalue weighted by Gasteiger charge is -2.07. The molecule has 0 bridgehead atoms. The molecule has 0 aliphatic rings. The minimum Gasteiger partial charge on any atom is -0.481 e. The summed E-state index contributed by atoms with van der Waals surface area (Å²) in [6.07, 6.45) is 0.918. The summed E-state index contributed by atoms with van der Waals surface area (Å²) in [6, 6.07) is 4.19. The van der Waals surface area contributed by atoms with Gasteiger partial charge in [-0.2, -0.15) is 0 Å². The van der Waals surface area contributed by atoms with Crippen LogP contribution in [0.2, 0.25) is 5.02 Å². The van der Waals surface area contributed by atoms with Crippen LogP contribution in [0, 0.1) is 0 Å². The maximum Gasteiger partial charge on any atom is 0.325 e. The van der Waals surface area contributed by atoms with E-state index < -0.39 is 17.9 Å². The second kappa shape index (κ2) is 8.63. The Balaban J connectivity index is 2.34. The molecule has 0 radical (unpaired) electrons. The fraction of sp³-hybridized carbons (Fsp3) is 0.308. The molecule has 0 aliphatic heterocycles. The lowest BCUT2D eigenvalue weighted by molar-refractivity contribution is -0.137. The first-order chi connectivity index (χ1) is 9.88. The van der Waals surface area contributed by atoms with Gasteiger partial charge in [-0.25, -0.2) is 4.79 Å². The van der Waals surface area contributed by atoms with Gasteiger partial charge in [0, 0.05) is 23.0 Å². The van der Waals surface area contributed by atoms with Gasteiger partial charge in [-0.3, -0.25) is 14.9 Å². The van der Waals surface area contributed by atoms with Crippen molar-refractivity contribution in [1.82, 2.24) is 5.32 Å². The predicted octanol–water partition coefficient (Wildman–Crippen LogP) is 3.40. The van der Waals surface area contributed by atoms with Crippen LogP contribution in [0.25, 0.3) is 0 Å². The van der Waals surface area contributed by atoms with Crippen LogP contribution in [0.1, 0.15) is 25.7 Å². The average molecular weight is 378 g/mol. The van der Waals surface area contributed by atoms with E-state index in [2.05, 4.69) is 26.6 Å². The SMILES string of the molecule is O=C(O)CCCCC(=O)NC(=O)Nc1ccc(Br)c(Cl)c1. The molecule has 114 valence electrons. The van der Waals surface area contributed by atoms with Gasteiger partial charge in [0.25, 0.3) is 0 Å². The number of carboxylic acids is 1. The molecule has 6 nitrogen and oxygen atoms in total. The Morgan fingerprint density at radius 1 is 1.19 bits per heavy atom. The zero-order chi connectivity index (χ0) is 15.8. The van der Waals surface area contributed by atoms with Crippen LogP contribution in [-0.2, 0) is 9.59 Å². The number of urea groups is 1. The molecule has 0 atom stereocenters. The zero-order valence-corrected chi connectivity index (χ0v) is 13.3. The molecule has 1 rings (SSSR count). The van der Waals surface area contributed by atoms with Gasteiger partial charge < -0.3 is 10.4 Å². The fourth-order valence-electron chi connectivity index (χ4n) is 1.49. The Morgan fingerprint density at radius 3 is 2.48 bits per heavy atom. The number of aliphatic carboxylic acids is 1. The van der Waals surface area contributed by atoms with Crippen LogP contribution in [0.3, 0.4) is 0 Å². The summed E-state index contributed by atoms with van der Waals surface area (Å²) >= 11 is 9.10. The van der Waals surface area contributed by atoms with Crippen molar-refractivity contribution in [2.45, 2.75) is 25.7 Å². The number of rotatable bonds is 6. The van der Waals surface area contributed by atoms with E-state index in [4.69, 9.17) is 16.7 Å². The number of anilines is 1. The van der Waals surface area contributed by atoms with Gasteiger partial charge >= 0.3 is 12.0 Å². The first-order valence-electron chi connectivity index (χ1n) is 6.16. The Morgan fingerprint density at radius 2 is 1.86 bits per heavy atom. The molecule has 0 aliphatic carbocycles. The quantitative estimate of drug-likeness (QED) is 0.662. The van der Waals surface area contributed by atoms with Crippen molar-refractivity contribution >= 4 is 51.1 Å². The second-order valence-electron chi connectivity index (χ2n) is 4.23. The minimum atomic E-state index is -0.903. The van der Waals surface area contributed by atoms with E-state index in [1.807, 2.05) is 0 Å². The van der Waals surface area contributed by atoms with Crippen LogP contribution < -0.4 is 10.6 Å². The highest BCUT2D eigenvalue weighted by atomic mass is 79.9. The van der Waals surface area contributed by atoms with Gasteiger partial charge in [0.1, 0.15) is 0 Å². The standard InChI is InChI=1S/C13H14BrClN2O4/c14-9-6-5-8(7-10(9)15)16-13(21)17-11(18)3-1-2-4-12(19)20/h5-7H,1-4H2,(H,19,20)(H2,16,17,18,21). The number of carbonyl (C=O) groups is 3. The van der Waals surface area contributed by atoms with Crippen molar-refractivity contribution < 1.29 is 19.5 Å². The van der Waals surface area contributed by atoms with Crippen molar-refractivity contribution in [1.29, 1.82) is 0 Å². The summed E-state index contributed by atoms with van der Waals surface area (Å²) in [7, 11) is 0. The molecule has 1 aromatic rings. The highest BCUT2D eigenvalue weighted by molar-refractivity contribution is 9.10.